The number of hydrogen-bond donors (Lipinski definition) is 2. The van der Waals surface area contributed by atoms with Gasteiger partial charge in [-0.25, -0.2) is 0 Å². The molecular weight excluding hydrogens is 146 g/mol. The van der Waals surface area contributed by atoms with Gasteiger partial charge >= 0.3 is 5.97 Å². The van der Waals surface area contributed by atoms with Gasteiger partial charge in [-0.15, -0.1) is 0 Å². The molecule has 0 aromatic heterocycles. The molecule has 0 rings (SSSR count). The Hall–Kier alpha value is -1.06. The van der Waals surface area contributed by atoms with Crippen LogP contribution in [0.2, 0.25) is 0 Å². The molecular formula is C7H13NO3. The molecule has 0 aromatic carbocycles. The van der Waals surface area contributed by atoms with E-state index in [-0.39, 0.29) is 18.4 Å². The summed E-state index contributed by atoms with van der Waals surface area (Å²) in [6, 6.07) is 0. The number of hydrogen-bond acceptors (Lipinski definition) is 2. The maximum absolute atomic E-state index is 10.9. The van der Waals surface area contributed by atoms with Gasteiger partial charge in [0.2, 0.25) is 5.91 Å². The highest BCUT2D eigenvalue weighted by Gasteiger charge is 2.10. The number of aliphatic carboxylic acids is 1. The van der Waals surface area contributed by atoms with E-state index in [9.17, 15) is 9.59 Å². The minimum absolute atomic E-state index is 0.102. The lowest BCUT2D eigenvalue weighted by atomic mass is 10.1. The van der Waals surface area contributed by atoms with Crippen LogP contribution in [0.4, 0.5) is 0 Å². The summed E-state index contributed by atoms with van der Waals surface area (Å²) in [6.07, 6.45) is 0.728. The Morgan fingerprint density at radius 2 is 2.09 bits per heavy atom. The molecule has 0 aromatic rings. The molecule has 0 aliphatic carbocycles. The first-order valence-corrected chi connectivity index (χ1v) is 3.57. The van der Waals surface area contributed by atoms with E-state index in [1.807, 2.05) is 6.92 Å². The third kappa shape index (κ3) is 4.36. The first-order valence-electron chi connectivity index (χ1n) is 3.57. The topological polar surface area (TPSA) is 66.4 Å². The van der Waals surface area contributed by atoms with Gasteiger partial charge in [0.25, 0.3) is 0 Å². The molecule has 11 heavy (non-hydrogen) atoms. The number of carboxylic acids is 1. The van der Waals surface area contributed by atoms with Gasteiger partial charge in [-0.2, -0.15) is 0 Å². The van der Waals surface area contributed by atoms with Gasteiger partial charge in [0.05, 0.1) is 0 Å². The summed E-state index contributed by atoms with van der Waals surface area (Å²) in [5, 5.41) is 10.5. The predicted octanol–water partition coefficient (Wildman–Crippen LogP) is 0.233. The minimum atomic E-state index is -1.01. The average molecular weight is 159 g/mol. The van der Waals surface area contributed by atoms with Crippen LogP contribution in [0.5, 0.6) is 0 Å². The predicted molar refractivity (Wildman–Crippen MR) is 40.1 cm³/mol. The number of carbonyl (C=O) groups is 2. The van der Waals surface area contributed by atoms with Gasteiger partial charge in [-0.05, 0) is 6.42 Å². The van der Waals surface area contributed by atoms with Gasteiger partial charge in [0, 0.05) is 5.92 Å². The highest BCUT2D eigenvalue weighted by atomic mass is 16.4. The summed E-state index contributed by atoms with van der Waals surface area (Å²) in [6.45, 7) is 3.35. The molecule has 0 bridgehead atoms. The van der Waals surface area contributed by atoms with Gasteiger partial charge in [0.15, 0.2) is 0 Å². The lowest BCUT2D eigenvalue weighted by Gasteiger charge is -2.06. The maximum atomic E-state index is 10.9. The van der Waals surface area contributed by atoms with Crippen molar-refractivity contribution in [2.75, 3.05) is 6.54 Å². The minimum Gasteiger partial charge on any atom is -0.480 e. The van der Waals surface area contributed by atoms with E-state index in [1.165, 1.54) is 0 Å². The Morgan fingerprint density at radius 1 is 1.55 bits per heavy atom. The summed E-state index contributed by atoms with van der Waals surface area (Å²) in [5.74, 6) is -1.31. The van der Waals surface area contributed by atoms with Gasteiger partial charge in [-0.3, -0.25) is 9.59 Å². The quantitative estimate of drug-likeness (QED) is 0.617. The number of nitrogens with one attached hydrogen (secondary N) is 1. The Morgan fingerprint density at radius 3 is 2.45 bits per heavy atom. The third-order valence-corrected chi connectivity index (χ3v) is 1.47. The smallest absolute Gasteiger partial charge is 0.322 e. The molecule has 4 nitrogen and oxygen atoms in total. The number of carboxylic acid groups (broad SMARTS) is 1. The molecule has 64 valence electrons. The molecule has 4 heteroatoms. The molecule has 0 spiro atoms. The van der Waals surface area contributed by atoms with Crippen molar-refractivity contribution >= 4 is 11.9 Å². The Balaban J connectivity index is 3.60. The number of carbonyl (C=O) groups excluding carboxylic acids is 1. The fraction of sp³-hybridized carbons (Fsp3) is 0.714. The van der Waals surface area contributed by atoms with Crippen LogP contribution in [0.1, 0.15) is 20.3 Å². The molecule has 0 aliphatic rings. The van der Waals surface area contributed by atoms with Crippen molar-refractivity contribution in [3.63, 3.8) is 0 Å². The molecule has 0 saturated carbocycles. The average Bonchev–Trinajstić information content (AvgIpc) is 1.98. The monoisotopic (exact) mass is 159 g/mol. The zero-order valence-electron chi connectivity index (χ0n) is 6.76. The summed E-state index contributed by atoms with van der Waals surface area (Å²) in [5.41, 5.74) is 0. The van der Waals surface area contributed by atoms with Crippen LogP contribution in [-0.4, -0.2) is 23.5 Å². The van der Waals surface area contributed by atoms with Crippen LogP contribution >= 0.6 is 0 Å². The molecule has 0 aliphatic heterocycles. The molecule has 0 saturated heterocycles. The third-order valence-electron chi connectivity index (χ3n) is 1.47. The van der Waals surface area contributed by atoms with E-state index in [2.05, 4.69) is 5.32 Å². The fourth-order valence-electron chi connectivity index (χ4n) is 0.522. The largest absolute Gasteiger partial charge is 0.480 e. The Bertz CT molecular complexity index is 156. The standard InChI is InChI=1S/C7H13NO3/c1-3-5(2)7(11)8-4-6(9)10/h5H,3-4H2,1-2H3,(H,8,11)(H,9,10)/t5-/m1/s1. The van der Waals surface area contributed by atoms with Crippen LogP contribution in [0, 0.1) is 5.92 Å². The van der Waals surface area contributed by atoms with Crippen LogP contribution < -0.4 is 5.32 Å². The van der Waals surface area contributed by atoms with Crippen molar-refractivity contribution in [1.82, 2.24) is 5.32 Å². The fourth-order valence-corrected chi connectivity index (χ4v) is 0.522. The summed E-state index contributed by atoms with van der Waals surface area (Å²) in [4.78, 5) is 20.9. The van der Waals surface area contributed by atoms with Crippen molar-refractivity contribution in [2.24, 2.45) is 5.92 Å². The van der Waals surface area contributed by atoms with Crippen LogP contribution in [-0.2, 0) is 9.59 Å². The SMILES string of the molecule is CC[C@@H](C)C(=O)NCC(=O)O. The van der Waals surface area contributed by atoms with E-state index >= 15 is 0 Å². The van der Waals surface area contributed by atoms with Gasteiger partial charge < -0.3 is 10.4 Å². The molecule has 0 unspecified atom stereocenters. The number of amides is 1. The highest BCUT2D eigenvalue weighted by Crippen LogP contribution is 1.98. The molecule has 0 fully saturated rings. The zero-order valence-corrected chi connectivity index (χ0v) is 6.76. The van der Waals surface area contributed by atoms with Crippen molar-refractivity contribution in [1.29, 1.82) is 0 Å². The van der Waals surface area contributed by atoms with Gasteiger partial charge in [0.1, 0.15) is 6.54 Å². The van der Waals surface area contributed by atoms with E-state index in [1.54, 1.807) is 6.92 Å². The molecule has 0 radical (unpaired) electrons. The van der Waals surface area contributed by atoms with E-state index in [0.29, 0.717) is 0 Å². The molecule has 1 atom stereocenters. The molecule has 0 heterocycles. The van der Waals surface area contributed by atoms with Crippen molar-refractivity contribution < 1.29 is 14.7 Å². The van der Waals surface area contributed by atoms with Gasteiger partial charge in [-0.1, -0.05) is 13.8 Å². The van der Waals surface area contributed by atoms with Crippen LogP contribution in [0.25, 0.3) is 0 Å². The van der Waals surface area contributed by atoms with Crippen LogP contribution in [0.15, 0.2) is 0 Å². The van der Waals surface area contributed by atoms with Crippen LogP contribution in [0.3, 0.4) is 0 Å². The van der Waals surface area contributed by atoms with Crippen molar-refractivity contribution in [3.8, 4) is 0 Å². The summed E-state index contributed by atoms with van der Waals surface area (Å²) < 4.78 is 0. The Kier molecular flexibility index (Phi) is 4.26. The lowest BCUT2D eigenvalue weighted by molar-refractivity contribution is -0.138. The second-order valence-electron chi connectivity index (χ2n) is 2.42. The zero-order chi connectivity index (χ0) is 8.85. The van der Waals surface area contributed by atoms with E-state index in [0.717, 1.165) is 6.42 Å². The second-order valence-corrected chi connectivity index (χ2v) is 2.42. The van der Waals surface area contributed by atoms with Crippen molar-refractivity contribution in [2.45, 2.75) is 20.3 Å². The maximum Gasteiger partial charge on any atom is 0.322 e. The molecule has 1 amide bonds. The van der Waals surface area contributed by atoms with E-state index < -0.39 is 5.97 Å². The Labute approximate surface area is 65.6 Å². The molecule has 2 N–H and O–H groups in total. The first kappa shape index (κ1) is 9.94. The van der Waals surface area contributed by atoms with E-state index in [4.69, 9.17) is 5.11 Å². The van der Waals surface area contributed by atoms with Crippen molar-refractivity contribution in [3.05, 3.63) is 0 Å². The summed E-state index contributed by atoms with van der Waals surface area (Å²) in [7, 11) is 0. The summed E-state index contributed by atoms with van der Waals surface area (Å²) >= 11 is 0. The first-order chi connectivity index (χ1) is 5.07. The number of rotatable bonds is 4. The normalized spacial score (nSPS) is 12.2. The lowest BCUT2D eigenvalue weighted by Crippen LogP contribution is -2.33. The highest BCUT2D eigenvalue weighted by molar-refractivity contribution is 5.82. The second kappa shape index (κ2) is 4.71.